The lowest BCUT2D eigenvalue weighted by atomic mass is 9.95. The normalized spacial score (nSPS) is 17.4. The van der Waals surface area contributed by atoms with E-state index in [2.05, 4.69) is 24.8 Å². The van der Waals surface area contributed by atoms with Crippen molar-refractivity contribution in [2.75, 3.05) is 23.3 Å². The van der Waals surface area contributed by atoms with Crippen molar-refractivity contribution in [2.24, 2.45) is 5.92 Å². The number of halogens is 1. The lowest BCUT2D eigenvalue weighted by molar-refractivity contribution is -0.120. The number of hydrogen-bond acceptors (Lipinski definition) is 5. The third-order valence-electron chi connectivity index (χ3n) is 6.56. The Kier molecular flexibility index (Phi) is 5.52. The SMILES string of the molecule is Cc1c(Cl)cccc1NC(=O)C1CCN(c2ncnc3c2nc2n3CCCCC2)CC1. The molecule has 7 nitrogen and oxygen atoms in total. The monoisotopic (exact) mass is 438 g/mol. The van der Waals surface area contributed by atoms with Crippen molar-refractivity contribution in [1.82, 2.24) is 19.5 Å². The zero-order valence-corrected chi connectivity index (χ0v) is 18.5. The van der Waals surface area contributed by atoms with Crippen molar-refractivity contribution < 1.29 is 4.79 Å². The third-order valence-corrected chi connectivity index (χ3v) is 6.97. The zero-order valence-electron chi connectivity index (χ0n) is 17.8. The summed E-state index contributed by atoms with van der Waals surface area (Å²) in [5.74, 6) is 2.06. The Bertz CT molecular complexity index is 1120. The number of piperidine rings is 1. The van der Waals surface area contributed by atoms with Gasteiger partial charge in [0, 0.05) is 42.7 Å². The smallest absolute Gasteiger partial charge is 0.227 e. The number of rotatable bonds is 3. The zero-order chi connectivity index (χ0) is 21.4. The molecule has 0 spiro atoms. The molecule has 2 aromatic heterocycles. The van der Waals surface area contributed by atoms with E-state index in [0.29, 0.717) is 5.02 Å². The minimum absolute atomic E-state index is 0.0225. The highest BCUT2D eigenvalue weighted by atomic mass is 35.5. The number of hydrogen-bond donors (Lipinski definition) is 1. The molecule has 1 fully saturated rings. The lowest BCUT2D eigenvalue weighted by Gasteiger charge is -2.32. The van der Waals surface area contributed by atoms with E-state index >= 15 is 0 Å². The van der Waals surface area contributed by atoms with E-state index in [1.807, 2.05) is 25.1 Å². The van der Waals surface area contributed by atoms with Gasteiger partial charge in [-0.05, 0) is 50.3 Å². The summed E-state index contributed by atoms with van der Waals surface area (Å²) < 4.78 is 2.26. The van der Waals surface area contributed by atoms with Gasteiger partial charge in [-0.15, -0.1) is 0 Å². The second-order valence-electron chi connectivity index (χ2n) is 8.52. The molecule has 2 aliphatic heterocycles. The first-order valence-corrected chi connectivity index (χ1v) is 11.5. The molecule has 0 radical (unpaired) electrons. The predicted molar refractivity (Wildman–Crippen MR) is 123 cm³/mol. The van der Waals surface area contributed by atoms with Gasteiger partial charge < -0.3 is 14.8 Å². The van der Waals surface area contributed by atoms with Crippen LogP contribution in [0.3, 0.4) is 0 Å². The van der Waals surface area contributed by atoms with Crippen LogP contribution in [0, 0.1) is 12.8 Å². The molecule has 0 aliphatic carbocycles. The maximum absolute atomic E-state index is 12.8. The average Bonchev–Trinajstić information content (AvgIpc) is 2.98. The molecule has 0 atom stereocenters. The van der Waals surface area contributed by atoms with Crippen LogP contribution < -0.4 is 10.2 Å². The summed E-state index contributed by atoms with van der Waals surface area (Å²) in [4.78, 5) is 29.1. The number of nitrogens with zero attached hydrogens (tertiary/aromatic N) is 5. The highest BCUT2D eigenvalue weighted by Gasteiger charge is 2.28. The van der Waals surface area contributed by atoms with Gasteiger partial charge in [-0.1, -0.05) is 24.1 Å². The fraction of sp³-hybridized carbons (Fsp3) is 0.478. The first-order chi connectivity index (χ1) is 15.1. The largest absolute Gasteiger partial charge is 0.355 e. The van der Waals surface area contributed by atoms with E-state index in [4.69, 9.17) is 16.6 Å². The maximum atomic E-state index is 12.8. The Labute approximate surface area is 186 Å². The Hall–Kier alpha value is -2.67. The highest BCUT2D eigenvalue weighted by Crippen LogP contribution is 2.30. The molecule has 0 unspecified atom stereocenters. The number of imidazole rings is 1. The molecule has 5 rings (SSSR count). The topological polar surface area (TPSA) is 75.9 Å². The summed E-state index contributed by atoms with van der Waals surface area (Å²) in [6, 6.07) is 5.60. The highest BCUT2D eigenvalue weighted by molar-refractivity contribution is 6.31. The maximum Gasteiger partial charge on any atom is 0.227 e. The summed E-state index contributed by atoms with van der Waals surface area (Å²) in [7, 11) is 0. The Morgan fingerprint density at radius 1 is 1.13 bits per heavy atom. The molecule has 1 saturated heterocycles. The molecule has 1 aromatic carbocycles. The number of aryl methyl sites for hydroxylation is 2. The van der Waals surface area contributed by atoms with E-state index in [1.165, 1.54) is 19.3 Å². The number of aromatic nitrogens is 4. The summed E-state index contributed by atoms with van der Waals surface area (Å²) in [6.07, 6.45) is 7.81. The van der Waals surface area contributed by atoms with Crippen molar-refractivity contribution in [3.63, 3.8) is 0 Å². The number of anilines is 2. The second-order valence-corrected chi connectivity index (χ2v) is 8.93. The first-order valence-electron chi connectivity index (χ1n) is 11.1. The van der Waals surface area contributed by atoms with Gasteiger partial charge in [0.05, 0.1) is 0 Å². The van der Waals surface area contributed by atoms with Crippen LogP contribution in [0.2, 0.25) is 5.02 Å². The summed E-state index contributed by atoms with van der Waals surface area (Å²) in [5, 5.41) is 3.73. The minimum Gasteiger partial charge on any atom is -0.355 e. The van der Waals surface area contributed by atoms with Crippen molar-refractivity contribution in [2.45, 2.75) is 52.0 Å². The van der Waals surface area contributed by atoms with E-state index in [-0.39, 0.29) is 11.8 Å². The van der Waals surface area contributed by atoms with Gasteiger partial charge in [0.2, 0.25) is 5.91 Å². The van der Waals surface area contributed by atoms with Crippen LogP contribution in [0.5, 0.6) is 0 Å². The van der Waals surface area contributed by atoms with Crippen LogP contribution in [0.15, 0.2) is 24.5 Å². The summed E-state index contributed by atoms with van der Waals surface area (Å²) >= 11 is 6.19. The fourth-order valence-corrected chi connectivity index (χ4v) is 4.86. The van der Waals surface area contributed by atoms with Crippen molar-refractivity contribution in [1.29, 1.82) is 0 Å². The summed E-state index contributed by atoms with van der Waals surface area (Å²) in [5.41, 5.74) is 3.53. The molecule has 1 amide bonds. The van der Waals surface area contributed by atoms with Crippen LogP contribution in [0.25, 0.3) is 11.2 Å². The van der Waals surface area contributed by atoms with Crippen molar-refractivity contribution in [3.05, 3.63) is 40.9 Å². The number of nitrogens with one attached hydrogen (secondary N) is 1. The predicted octanol–water partition coefficient (Wildman–Crippen LogP) is 4.37. The number of carbonyl (C=O) groups is 1. The van der Waals surface area contributed by atoms with E-state index in [9.17, 15) is 4.79 Å². The van der Waals surface area contributed by atoms with Gasteiger partial charge in [-0.2, -0.15) is 0 Å². The number of amides is 1. The van der Waals surface area contributed by atoms with Crippen LogP contribution >= 0.6 is 11.6 Å². The van der Waals surface area contributed by atoms with Crippen LogP contribution in [0.1, 0.15) is 43.5 Å². The molecule has 8 heteroatoms. The van der Waals surface area contributed by atoms with Crippen LogP contribution in [-0.2, 0) is 17.8 Å². The van der Waals surface area contributed by atoms with E-state index in [1.54, 1.807) is 6.33 Å². The fourth-order valence-electron chi connectivity index (χ4n) is 4.69. The van der Waals surface area contributed by atoms with Crippen LogP contribution in [0.4, 0.5) is 11.5 Å². The number of carbonyl (C=O) groups excluding carboxylic acids is 1. The van der Waals surface area contributed by atoms with Crippen LogP contribution in [-0.4, -0.2) is 38.5 Å². The van der Waals surface area contributed by atoms with Gasteiger partial charge in [0.1, 0.15) is 12.2 Å². The molecular weight excluding hydrogens is 412 g/mol. The van der Waals surface area contributed by atoms with Crippen molar-refractivity contribution in [3.8, 4) is 0 Å². The van der Waals surface area contributed by atoms with Gasteiger partial charge in [0.15, 0.2) is 17.0 Å². The first kappa shape index (κ1) is 20.2. The van der Waals surface area contributed by atoms with E-state index < -0.39 is 0 Å². The standard InChI is InChI=1S/C23H27ClN6O/c1-15-17(24)6-5-7-18(15)27-23(31)16-9-12-29(13-10-16)21-20-22(26-14-25-21)30-11-4-2-3-8-19(30)28-20/h5-7,14,16H,2-4,8-13H2,1H3,(H,27,31). The summed E-state index contributed by atoms with van der Waals surface area (Å²) in [6.45, 7) is 4.46. The Morgan fingerprint density at radius 2 is 1.97 bits per heavy atom. The quantitative estimate of drug-likeness (QED) is 0.657. The molecule has 162 valence electrons. The Balaban J connectivity index is 1.30. The molecular formula is C23H27ClN6O. The number of benzene rings is 1. The van der Waals surface area contributed by atoms with Gasteiger partial charge in [-0.3, -0.25) is 4.79 Å². The molecule has 2 aliphatic rings. The Morgan fingerprint density at radius 3 is 2.81 bits per heavy atom. The molecule has 3 aromatic rings. The average molecular weight is 439 g/mol. The third kappa shape index (κ3) is 3.87. The molecule has 1 N–H and O–H groups in total. The van der Waals surface area contributed by atoms with E-state index in [0.717, 1.165) is 73.0 Å². The van der Waals surface area contributed by atoms with Gasteiger partial charge in [0.25, 0.3) is 0 Å². The van der Waals surface area contributed by atoms with Crippen molar-refractivity contribution >= 4 is 40.2 Å². The number of fused-ring (bicyclic) bond motifs is 3. The molecule has 4 heterocycles. The minimum atomic E-state index is -0.0225. The van der Waals surface area contributed by atoms with Gasteiger partial charge in [-0.25, -0.2) is 15.0 Å². The second kappa shape index (κ2) is 8.46. The van der Waals surface area contributed by atoms with Gasteiger partial charge >= 0.3 is 0 Å². The molecule has 0 saturated carbocycles. The molecule has 31 heavy (non-hydrogen) atoms. The lowest BCUT2D eigenvalue weighted by Crippen LogP contribution is -2.38. The molecule has 0 bridgehead atoms.